The number of benzene rings is 2. The van der Waals surface area contributed by atoms with Crippen molar-refractivity contribution in [2.24, 2.45) is 0 Å². The van der Waals surface area contributed by atoms with E-state index in [1.165, 1.54) is 6.07 Å². The lowest BCUT2D eigenvalue weighted by Gasteiger charge is -2.10. The Labute approximate surface area is 116 Å². The Bertz CT molecular complexity index is 532. The van der Waals surface area contributed by atoms with Crippen LogP contribution in [0.5, 0.6) is 5.75 Å². The highest BCUT2D eigenvalue weighted by Gasteiger charge is 2.08. The second kappa shape index (κ2) is 6.04. The number of aliphatic hydroxyl groups excluding tert-OH is 1. The van der Waals surface area contributed by atoms with E-state index in [0.29, 0.717) is 16.3 Å². The maximum absolute atomic E-state index is 13.5. The van der Waals surface area contributed by atoms with Crippen LogP contribution >= 0.6 is 11.6 Å². The van der Waals surface area contributed by atoms with Gasteiger partial charge in [-0.2, -0.15) is 0 Å². The van der Waals surface area contributed by atoms with E-state index in [0.717, 1.165) is 5.56 Å². The molecule has 0 aliphatic rings. The monoisotopic (exact) mass is 280 g/mol. The van der Waals surface area contributed by atoms with Gasteiger partial charge in [0, 0.05) is 5.56 Å². The van der Waals surface area contributed by atoms with Crippen molar-refractivity contribution in [2.45, 2.75) is 19.6 Å². The number of halogens is 2. The lowest BCUT2D eigenvalue weighted by molar-refractivity contribution is 0.199. The first-order valence-corrected chi connectivity index (χ1v) is 6.29. The van der Waals surface area contributed by atoms with Gasteiger partial charge in [0.1, 0.15) is 18.2 Å². The molecule has 1 atom stereocenters. The summed E-state index contributed by atoms with van der Waals surface area (Å²) in [6.45, 7) is 1.76. The second-order valence-corrected chi connectivity index (χ2v) is 4.64. The van der Waals surface area contributed by atoms with Crippen LogP contribution in [0.25, 0.3) is 0 Å². The van der Waals surface area contributed by atoms with Gasteiger partial charge in [-0.1, -0.05) is 29.8 Å². The van der Waals surface area contributed by atoms with E-state index in [4.69, 9.17) is 16.3 Å². The fourth-order valence-corrected chi connectivity index (χ4v) is 1.89. The molecule has 2 rings (SSSR count). The zero-order valence-electron chi connectivity index (χ0n) is 10.4. The Morgan fingerprint density at radius 3 is 2.47 bits per heavy atom. The minimum absolute atomic E-state index is 0.0690. The third kappa shape index (κ3) is 3.46. The highest BCUT2D eigenvalue weighted by atomic mass is 35.5. The van der Waals surface area contributed by atoms with E-state index in [1.807, 2.05) is 0 Å². The maximum atomic E-state index is 13.5. The summed E-state index contributed by atoms with van der Waals surface area (Å²) >= 11 is 5.91. The highest BCUT2D eigenvalue weighted by Crippen LogP contribution is 2.22. The Hall–Kier alpha value is -1.58. The molecule has 1 N–H and O–H groups in total. The quantitative estimate of drug-likeness (QED) is 0.913. The fourth-order valence-electron chi connectivity index (χ4n) is 1.67. The van der Waals surface area contributed by atoms with Gasteiger partial charge in [-0.3, -0.25) is 0 Å². The third-order valence-electron chi connectivity index (χ3n) is 2.81. The van der Waals surface area contributed by atoms with E-state index >= 15 is 0 Å². The molecule has 0 saturated carbocycles. The van der Waals surface area contributed by atoms with Crippen LogP contribution in [0.4, 0.5) is 4.39 Å². The average Bonchev–Trinajstić information content (AvgIpc) is 2.38. The van der Waals surface area contributed by atoms with Crippen molar-refractivity contribution >= 4 is 11.6 Å². The van der Waals surface area contributed by atoms with Crippen molar-refractivity contribution in [3.05, 3.63) is 64.4 Å². The molecule has 4 heteroatoms. The zero-order chi connectivity index (χ0) is 13.8. The lowest BCUT2D eigenvalue weighted by Crippen LogP contribution is -2.00. The summed E-state index contributed by atoms with van der Waals surface area (Å²) in [4.78, 5) is 0. The second-order valence-electron chi connectivity index (χ2n) is 4.23. The van der Waals surface area contributed by atoms with Gasteiger partial charge in [0.05, 0.1) is 11.1 Å². The SMILES string of the molecule is C[C@@H](O)c1ccc(OCc2c(F)cccc2Cl)cc1. The van der Waals surface area contributed by atoms with E-state index in [2.05, 4.69) is 0 Å². The smallest absolute Gasteiger partial charge is 0.131 e. The van der Waals surface area contributed by atoms with Crippen molar-refractivity contribution in [1.82, 2.24) is 0 Å². The predicted molar refractivity (Wildman–Crippen MR) is 72.8 cm³/mol. The summed E-state index contributed by atoms with van der Waals surface area (Å²) in [6.07, 6.45) is -0.518. The topological polar surface area (TPSA) is 29.5 Å². The fraction of sp³-hybridized carbons (Fsp3) is 0.200. The molecule has 0 amide bonds. The Kier molecular flexibility index (Phi) is 4.40. The Balaban J connectivity index is 2.06. The van der Waals surface area contributed by atoms with E-state index in [-0.39, 0.29) is 12.4 Å². The number of hydrogen-bond acceptors (Lipinski definition) is 2. The summed E-state index contributed by atoms with van der Waals surface area (Å²) in [6, 6.07) is 11.5. The van der Waals surface area contributed by atoms with Gasteiger partial charge in [-0.05, 0) is 36.8 Å². The van der Waals surface area contributed by atoms with Crippen molar-refractivity contribution in [3.63, 3.8) is 0 Å². The summed E-state index contributed by atoms with van der Waals surface area (Å²) in [7, 11) is 0. The molecule has 0 saturated heterocycles. The van der Waals surface area contributed by atoms with Crippen molar-refractivity contribution < 1.29 is 14.2 Å². The molecule has 100 valence electrons. The zero-order valence-corrected chi connectivity index (χ0v) is 11.2. The molecule has 0 heterocycles. The van der Waals surface area contributed by atoms with Crippen molar-refractivity contribution in [1.29, 1.82) is 0 Å². The van der Waals surface area contributed by atoms with Gasteiger partial charge >= 0.3 is 0 Å². The Morgan fingerprint density at radius 1 is 1.21 bits per heavy atom. The first-order valence-electron chi connectivity index (χ1n) is 5.91. The molecule has 0 radical (unpaired) electrons. The lowest BCUT2D eigenvalue weighted by atomic mass is 10.1. The molecule has 0 fully saturated rings. The molecule has 0 unspecified atom stereocenters. The van der Waals surface area contributed by atoms with E-state index in [9.17, 15) is 9.50 Å². The van der Waals surface area contributed by atoms with Gasteiger partial charge in [-0.25, -0.2) is 4.39 Å². The normalized spacial score (nSPS) is 12.2. The molecule has 2 aromatic rings. The number of ether oxygens (including phenoxy) is 1. The van der Waals surface area contributed by atoms with Gasteiger partial charge < -0.3 is 9.84 Å². The molecule has 2 nitrogen and oxygen atoms in total. The molecule has 0 aliphatic heterocycles. The van der Waals surface area contributed by atoms with Gasteiger partial charge in [0.2, 0.25) is 0 Å². The predicted octanol–water partition coefficient (Wildman–Crippen LogP) is 4.11. The molecule has 0 spiro atoms. The first-order chi connectivity index (χ1) is 9.08. The van der Waals surface area contributed by atoms with E-state index < -0.39 is 6.10 Å². The Morgan fingerprint density at radius 2 is 1.89 bits per heavy atom. The third-order valence-corrected chi connectivity index (χ3v) is 3.16. The molecule has 19 heavy (non-hydrogen) atoms. The summed E-state index contributed by atoms with van der Waals surface area (Å²) in [5.41, 5.74) is 1.14. The van der Waals surface area contributed by atoms with Gasteiger partial charge in [-0.15, -0.1) is 0 Å². The summed E-state index contributed by atoms with van der Waals surface area (Å²) < 4.78 is 19.0. The number of rotatable bonds is 4. The highest BCUT2D eigenvalue weighted by molar-refractivity contribution is 6.31. The largest absolute Gasteiger partial charge is 0.489 e. The van der Waals surface area contributed by atoms with Gasteiger partial charge in [0.25, 0.3) is 0 Å². The average molecular weight is 281 g/mol. The van der Waals surface area contributed by atoms with Crippen molar-refractivity contribution in [3.8, 4) is 5.75 Å². The molecule has 0 aromatic heterocycles. The van der Waals surface area contributed by atoms with Crippen LogP contribution in [-0.4, -0.2) is 5.11 Å². The number of aliphatic hydroxyl groups is 1. The first kappa shape index (κ1) is 13.8. The molecular weight excluding hydrogens is 267 g/mol. The standard InChI is InChI=1S/C15H14ClFO2/c1-10(18)11-5-7-12(8-6-11)19-9-13-14(16)3-2-4-15(13)17/h2-8,10,18H,9H2,1H3/t10-/m1/s1. The van der Waals surface area contributed by atoms with Crippen molar-refractivity contribution in [2.75, 3.05) is 0 Å². The van der Waals surface area contributed by atoms with Crippen LogP contribution in [-0.2, 0) is 6.61 Å². The molecular formula is C15H14ClFO2. The van der Waals surface area contributed by atoms with Gasteiger partial charge in [0.15, 0.2) is 0 Å². The van der Waals surface area contributed by atoms with Crippen LogP contribution in [0.1, 0.15) is 24.2 Å². The number of hydrogen-bond donors (Lipinski definition) is 1. The summed E-state index contributed by atoms with van der Waals surface area (Å²) in [5.74, 6) is 0.219. The molecule has 0 aliphatic carbocycles. The van der Waals surface area contributed by atoms with Crippen LogP contribution in [0, 0.1) is 5.82 Å². The minimum Gasteiger partial charge on any atom is -0.489 e. The molecule has 2 aromatic carbocycles. The minimum atomic E-state index is -0.518. The molecule has 0 bridgehead atoms. The maximum Gasteiger partial charge on any atom is 0.131 e. The van der Waals surface area contributed by atoms with Crippen LogP contribution in [0.2, 0.25) is 5.02 Å². The van der Waals surface area contributed by atoms with Crippen LogP contribution < -0.4 is 4.74 Å². The summed E-state index contributed by atoms with van der Waals surface area (Å²) in [5, 5.41) is 9.74. The van der Waals surface area contributed by atoms with Crippen LogP contribution in [0.3, 0.4) is 0 Å². The van der Waals surface area contributed by atoms with Crippen LogP contribution in [0.15, 0.2) is 42.5 Å². The van der Waals surface area contributed by atoms with E-state index in [1.54, 1.807) is 43.3 Å².